The zero-order valence-corrected chi connectivity index (χ0v) is 20.6. The molecule has 4 aromatic heterocycles. The van der Waals surface area contributed by atoms with Crippen molar-refractivity contribution in [2.45, 2.75) is 24.8 Å². The summed E-state index contributed by atoms with van der Waals surface area (Å²) in [5.41, 5.74) is 13.8. The summed E-state index contributed by atoms with van der Waals surface area (Å²) in [4.78, 5) is 18.9. The predicted molar refractivity (Wildman–Crippen MR) is 145 cm³/mol. The average molecular weight is 507 g/mol. The maximum Gasteiger partial charge on any atom is 0.190 e. The van der Waals surface area contributed by atoms with Crippen LogP contribution in [0.5, 0.6) is 0 Å². The fourth-order valence-corrected chi connectivity index (χ4v) is 4.87. The Morgan fingerprint density at radius 2 is 1.54 bits per heavy atom. The van der Waals surface area contributed by atoms with Gasteiger partial charge in [0.05, 0.1) is 17.6 Å². The fraction of sp³-hybridized carbons (Fsp3) is 0.143. The van der Waals surface area contributed by atoms with E-state index in [1.54, 1.807) is 18.6 Å². The summed E-state index contributed by atoms with van der Waals surface area (Å²) in [7, 11) is 0. The molecule has 1 aliphatic carbocycles. The number of hydrogen-bond donors (Lipinski definition) is 1. The first-order chi connectivity index (χ1) is 17.7. The molecule has 1 fully saturated rings. The number of pyridine rings is 1. The highest BCUT2D eigenvalue weighted by Crippen LogP contribution is 2.40. The lowest BCUT2D eigenvalue weighted by Gasteiger charge is -2.38. The minimum atomic E-state index is -0.202. The Morgan fingerprint density at radius 1 is 0.784 bits per heavy atom. The van der Waals surface area contributed by atoms with E-state index in [0.29, 0.717) is 22.8 Å². The maximum absolute atomic E-state index is 6.56. The Bertz CT molecular complexity index is 1710. The van der Waals surface area contributed by atoms with Crippen molar-refractivity contribution in [3.05, 3.63) is 90.9 Å². The van der Waals surface area contributed by atoms with Crippen molar-refractivity contribution in [3.63, 3.8) is 0 Å². The number of aromatic nitrogens is 7. The predicted octanol–water partition coefficient (Wildman–Crippen LogP) is 5.22. The number of nitrogens with two attached hydrogens (primary N) is 1. The number of rotatable bonds is 4. The van der Waals surface area contributed by atoms with E-state index in [4.69, 9.17) is 15.7 Å². The van der Waals surface area contributed by atoms with Crippen molar-refractivity contribution in [1.82, 2.24) is 34.5 Å². The lowest BCUT2D eigenvalue weighted by Crippen LogP contribution is -2.43. The van der Waals surface area contributed by atoms with Crippen LogP contribution in [0, 0.1) is 0 Å². The molecule has 0 bridgehead atoms. The average Bonchev–Trinajstić information content (AvgIpc) is 3.37. The number of halogens is 1. The van der Waals surface area contributed by atoms with Gasteiger partial charge in [0.2, 0.25) is 0 Å². The molecule has 0 unspecified atom stereocenters. The van der Waals surface area contributed by atoms with Crippen LogP contribution in [0.1, 0.15) is 24.8 Å². The lowest BCUT2D eigenvalue weighted by atomic mass is 9.72. The Hall–Kier alpha value is -4.27. The van der Waals surface area contributed by atoms with Gasteiger partial charge in [0, 0.05) is 29.1 Å². The van der Waals surface area contributed by atoms with Gasteiger partial charge in [0.15, 0.2) is 17.1 Å². The number of nitrogens with zero attached hydrogens (tertiary/aromatic N) is 7. The Kier molecular flexibility index (Phi) is 5.62. The molecule has 0 aliphatic heterocycles. The number of benzene rings is 2. The Labute approximate surface area is 219 Å². The minimum absolute atomic E-state index is 0. The van der Waals surface area contributed by atoms with E-state index in [2.05, 4.69) is 44.4 Å². The number of hydrogen-bond acceptors (Lipinski definition) is 7. The molecular weight excluding hydrogens is 484 g/mol. The third kappa shape index (κ3) is 3.82. The van der Waals surface area contributed by atoms with Gasteiger partial charge < -0.3 is 5.73 Å². The van der Waals surface area contributed by atoms with Crippen molar-refractivity contribution < 1.29 is 0 Å². The van der Waals surface area contributed by atoms with Gasteiger partial charge in [-0.25, -0.2) is 15.0 Å². The molecule has 1 aliphatic rings. The topological polar surface area (TPSA) is 108 Å². The second-order valence-corrected chi connectivity index (χ2v) is 9.22. The quantitative estimate of drug-likeness (QED) is 0.349. The third-order valence-electron chi connectivity index (χ3n) is 7.01. The first kappa shape index (κ1) is 23.1. The maximum atomic E-state index is 6.56. The summed E-state index contributed by atoms with van der Waals surface area (Å²) in [5, 5.41) is 8.72. The summed E-state index contributed by atoms with van der Waals surface area (Å²) >= 11 is 0. The highest BCUT2D eigenvalue weighted by atomic mass is 35.5. The van der Waals surface area contributed by atoms with Gasteiger partial charge in [-0.3, -0.25) is 9.38 Å². The highest BCUT2D eigenvalue weighted by Gasteiger charge is 2.34. The molecule has 7 rings (SSSR count). The van der Waals surface area contributed by atoms with Crippen LogP contribution in [0.25, 0.3) is 50.8 Å². The zero-order chi connectivity index (χ0) is 24.1. The molecule has 182 valence electrons. The molecule has 37 heavy (non-hydrogen) atoms. The van der Waals surface area contributed by atoms with Gasteiger partial charge in [-0.1, -0.05) is 54.6 Å². The normalized spacial score (nSPS) is 14.3. The first-order valence-corrected chi connectivity index (χ1v) is 12.0. The van der Waals surface area contributed by atoms with Crippen LogP contribution in [-0.2, 0) is 5.54 Å². The van der Waals surface area contributed by atoms with Crippen LogP contribution >= 0.6 is 12.4 Å². The van der Waals surface area contributed by atoms with Crippen molar-refractivity contribution in [3.8, 4) is 34.0 Å². The Balaban J connectivity index is 0.00000252. The van der Waals surface area contributed by atoms with Crippen LogP contribution in [0.4, 0.5) is 0 Å². The van der Waals surface area contributed by atoms with E-state index >= 15 is 0 Å². The summed E-state index contributed by atoms with van der Waals surface area (Å²) in [6, 6.07) is 22.4. The van der Waals surface area contributed by atoms with Crippen LogP contribution in [-0.4, -0.2) is 34.5 Å². The van der Waals surface area contributed by atoms with Gasteiger partial charge in [-0.15, -0.1) is 22.6 Å². The van der Waals surface area contributed by atoms with Gasteiger partial charge in [0.1, 0.15) is 11.2 Å². The van der Waals surface area contributed by atoms with Crippen molar-refractivity contribution in [2.24, 2.45) is 5.73 Å². The molecule has 0 atom stereocenters. The molecule has 0 saturated heterocycles. The van der Waals surface area contributed by atoms with Gasteiger partial charge in [0.25, 0.3) is 0 Å². The smallest absolute Gasteiger partial charge is 0.190 e. The fourth-order valence-electron chi connectivity index (χ4n) is 4.87. The standard InChI is InChI=1S/C28H22N8.ClH/c29-28(13-4-14-28)20-9-7-19(8-10-20)24-25(18-5-2-1-3-6-18)33-26-21(32-24)11-12-23-34-35-27(36(23)26)22-17-30-15-16-31-22;/h1-3,5-12,15-17H,4,13-14,29H2;1H. The molecular formula is C28H23ClN8. The second-order valence-electron chi connectivity index (χ2n) is 9.22. The summed E-state index contributed by atoms with van der Waals surface area (Å²) in [6.07, 6.45) is 8.18. The van der Waals surface area contributed by atoms with E-state index in [9.17, 15) is 0 Å². The summed E-state index contributed by atoms with van der Waals surface area (Å²) in [5.74, 6) is 0.572. The van der Waals surface area contributed by atoms with Crippen LogP contribution in [0.15, 0.2) is 85.3 Å². The molecule has 2 N–H and O–H groups in total. The van der Waals surface area contributed by atoms with Crippen LogP contribution in [0.3, 0.4) is 0 Å². The van der Waals surface area contributed by atoms with Crippen LogP contribution in [0.2, 0.25) is 0 Å². The summed E-state index contributed by atoms with van der Waals surface area (Å²) < 4.78 is 1.89. The third-order valence-corrected chi connectivity index (χ3v) is 7.01. The summed E-state index contributed by atoms with van der Waals surface area (Å²) in [6.45, 7) is 0. The van der Waals surface area contributed by atoms with Gasteiger partial charge >= 0.3 is 0 Å². The molecule has 1 saturated carbocycles. The van der Waals surface area contributed by atoms with E-state index in [0.717, 1.165) is 40.9 Å². The SMILES string of the molecule is Cl.NC1(c2ccc(-c3nc4ccc5nnc(-c6cnccn6)n5c4nc3-c3ccccc3)cc2)CCC1. The molecule has 8 nitrogen and oxygen atoms in total. The van der Waals surface area contributed by atoms with Crippen molar-refractivity contribution >= 4 is 29.2 Å². The lowest BCUT2D eigenvalue weighted by molar-refractivity contribution is 0.253. The van der Waals surface area contributed by atoms with Crippen molar-refractivity contribution in [2.75, 3.05) is 0 Å². The molecule has 6 aromatic rings. The highest BCUT2D eigenvalue weighted by molar-refractivity contribution is 5.87. The Morgan fingerprint density at radius 3 is 2.24 bits per heavy atom. The number of fused-ring (bicyclic) bond motifs is 3. The molecule has 0 amide bonds. The van der Waals surface area contributed by atoms with E-state index < -0.39 is 0 Å². The van der Waals surface area contributed by atoms with Crippen molar-refractivity contribution in [1.29, 1.82) is 0 Å². The largest absolute Gasteiger partial charge is 0.321 e. The van der Waals surface area contributed by atoms with E-state index in [1.165, 1.54) is 12.0 Å². The molecule has 4 heterocycles. The van der Waals surface area contributed by atoms with Gasteiger partial charge in [-0.05, 0) is 37.0 Å². The monoisotopic (exact) mass is 506 g/mol. The minimum Gasteiger partial charge on any atom is -0.321 e. The zero-order valence-electron chi connectivity index (χ0n) is 19.8. The molecule has 9 heteroatoms. The van der Waals surface area contributed by atoms with Gasteiger partial charge in [-0.2, -0.15) is 0 Å². The first-order valence-electron chi connectivity index (χ1n) is 12.0. The molecule has 0 spiro atoms. The van der Waals surface area contributed by atoms with E-state index in [-0.39, 0.29) is 17.9 Å². The molecule has 0 radical (unpaired) electrons. The second kappa shape index (κ2) is 8.99. The van der Waals surface area contributed by atoms with E-state index in [1.807, 2.05) is 46.9 Å². The molecule has 2 aromatic carbocycles. The van der Waals surface area contributed by atoms with Crippen LogP contribution < -0.4 is 5.73 Å².